The third-order valence-corrected chi connectivity index (χ3v) is 3.78. The third kappa shape index (κ3) is 4.36. The van der Waals surface area contributed by atoms with Crippen molar-refractivity contribution >= 4 is 17.4 Å². The van der Waals surface area contributed by atoms with Crippen LogP contribution in [0.1, 0.15) is 13.8 Å². The van der Waals surface area contributed by atoms with Gasteiger partial charge >= 0.3 is 0 Å². The minimum Gasteiger partial charge on any atom is -0.316 e. The van der Waals surface area contributed by atoms with Crippen molar-refractivity contribution in [2.24, 2.45) is 5.92 Å². The van der Waals surface area contributed by atoms with Gasteiger partial charge in [0.2, 0.25) is 0 Å². The van der Waals surface area contributed by atoms with Crippen LogP contribution < -0.4 is 5.32 Å². The van der Waals surface area contributed by atoms with Crippen LogP contribution in [0.25, 0.3) is 0 Å². The SMILES string of the molecule is CNC(CSc1ccc([N+](=O)[O-])cc1)C(C)C. The van der Waals surface area contributed by atoms with Crippen LogP contribution in [0, 0.1) is 16.0 Å². The zero-order valence-electron chi connectivity index (χ0n) is 10.3. The third-order valence-electron chi connectivity index (χ3n) is 2.65. The second-order valence-corrected chi connectivity index (χ2v) is 5.29. The first-order valence-corrected chi connectivity index (χ1v) is 6.57. The molecule has 1 rings (SSSR count). The minimum absolute atomic E-state index is 0.142. The van der Waals surface area contributed by atoms with Gasteiger partial charge in [-0.3, -0.25) is 10.1 Å². The highest BCUT2D eigenvalue weighted by atomic mass is 32.2. The lowest BCUT2D eigenvalue weighted by Crippen LogP contribution is -2.32. The molecule has 0 amide bonds. The van der Waals surface area contributed by atoms with Gasteiger partial charge in [0.15, 0.2) is 0 Å². The molecule has 0 aliphatic heterocycles. The molecule has 1 unspecified atom stereocenters. The van der Waals surface area contributed by atoms with E-state index >= 15 is 0 Å². The first-order chi connectivity index (χ1) is 8.04. The summed E-state index contributed by atoms with van der Waals surface area (Å²) in [6, 6.07) is 7.15. The summed E-state index contributed by atoms with van der Waals surface area (Å²) in [7, 11) is 1.96. The number of nitro benzene ring substituents is 1. The number of hydrogen-bond donors (Lipinski definition) is 1. The Hall–Kier alpha value is -1.07. The van der Waals surface area contributed by atoms with Crippen LogP contribution in [0.3, 0.4) is 0 Å². The van der Waals surface area contributed by atoms with E-state index < -0.39 is 0 Å². The van der Waals surface area contributed by atoms with Crippen LogP contribution in [-0.4, -0.2) is 23.8 Å². The number of thioether (sulfide) groups is 1. The number of non-ortho nitro benzene ring substituents is 1. The van der Waals surface area contributed by atoms with E-state index in [2.05, 4.69) is 19.2 Å². The summed E-state index contributed by atoms with van der Waals surface area (Å²) in [6.45, 7) is 4.36. The predicted octanol–water partition coefficient (Wildman–Crippen LogP) is 2.93. The standard InChI is InChI=1S/C12H18N2O2S/c1-9(2)12(13-3)8-17-11-6-4-10(5-7-11)14(15)16/h4-7,9,12-13H,8H2,1-3H3. The maximum absolute atomic E-state index is 10.5. The average molecular weight is 254 g/mol. The van der Waals surface area contributed by atoms with E-state index in [1.807, 2.05) is 7.05 Å². The number of rotatable bonds is 6. The molecule has 0 aliphatic rings. The Bertz CT molecular complexity index is 365. The number of nitrogens with zero attached hydrogens (tertiary/aromatic N) is 1. The molecule has 1 aromatic carbocycles. The number of nitro groups is 1. The van der Waals surface area contributed by atoms with Crippen molar-refractivity contribution in [3.63, 3.8) is 0 Å². The summed E-state index contributed by atoms with van der Waals surface area (Å²) in [4.78, 5) is 11.2. The van der Waals surface area contributed by atoms with E-state index in [0.717, 1.165) is 10.6 Å². The smallest absolute Gasteiger partial charge is 0.269 e. The van der Waals surface area contributed by atoms with E-state index in [4.69, 9.17) is 0 Å². The molecule has 0 aromatic heterocycles. The maximum atomic E-state index is 10.5. The Labute approximate surface area is 106 Å². The lowest BCUT2D eigenvalue weighted by atomic mass is 10.1. The van der Waals surface area contributed by atoms with Crippen LogP contribution in [0.5, 0.6) is 0 Å². The van der Waals surface area contributed by atoms with Crippen LogP contribution in [0.4, 0.5) is 5.69 Å². The molecular formula is C12H18N2O2S. The maximum Gasteiger partial charge on any atom is 0.269 e. The van der Waals surface area contributed by atoms with E-state index in [1.54, 1.807) is 36.0 Å². The summed E-state index contributed by atoms with van der Waals surface area (Å²) in [5.74, 6) is 1.54. The lowest BCUT2D eigenvalue weighted by Gasteiger charge is -2.19. The molecule has 5 heteroatoms. The van der Waals surface area contributed by atoms with Crippen LogP contribution in [0.2, 0.25) is 0 Å². The molecule has 1 atom stereocenters. The molecule has 0 heterocycles. The summed E-state index contributed by atoms with van der Waals surface area (Å²) in [5, 5.41) is 13.8. The van der Waals surface area contributed by atoms with E-state index in [-0.39, 0.29) is 10.6 Å². The molecule has 0 saturated carbocycles. The van der Waals surface area contributed by atoms with Gasteiger partial charge in [-0.1, -0.05) is 13.8 Å². The minimum atomic E-state index is -0.376. The Morgan fingerprint density at radius 1 is 1.35 bits per heavy atom. The van der Waals surface area contributed by atoms with E-state index in [1.165, 1.54) is 0 Å². The second kappa shape index (κ2) is 6.61. The van der Waals surface area contributed by atoms with Gasteiger partial charge in [-0.05, 0) is 25.1 Å². The van der Waals surface area contributed by atoms with Crippen LogP contribution in [-0.2, 0) is 0 Å². The van der Waals surface area contributed by atoms with Crippen molar-refractivity contribution in [2.45, 2.75) is 24.8 Å². The van der Waals surface area contributed by atoms with E-state index in [9.17, 15) is 10.1 Å². The topological polar surface area (TPSA) is 55.2 Å². The number of benzene rings is 1. The number of hydrogen-bond acceptors (Lipinski definition) is 4. The van der Waals surface area contributed by atoms with Crippen molar-refractivity contribution < 1.29 is 4.92 Å². The first kappa shape index (κ1) is 14.0. The summed E-state index contributed by atoms with van der Waals surface area (Å²) >= 11 is 1.72. The summed E-state index contributed by atoms with van der Waals surface area (Å²) in [6.07, 6.45) is 0. The molecule has 0 bridgehead atoms. The monoisotopic (exact) mass is 254 g/mol. The summed E-state index contributed by atoms with van der Waals surface area (Å²) < 4.78 is 0. The fourth-order valence-electron chi connectivity index (χ4n) is 1.46. The van der Waals surface area contributed by atoms with Crippen molar-refractivity contribution in [3.05, 3.63) is 34.4 Å². The van der Waals surface area contributed by atoms with Gasteiger partial charge in [-0.2, -0.15) is 0 Å². The first-order valence-electron chi connectivity index (χ1n) is 5.59. The fourth-order valence-corrected chi connectivity index (χ4v) is 2.71. The highest BCUT2D eigenvalue weighted by molar-refractivity contribution is 7.99. The van der Waals surface area contributed by atoms with Crippen LogP contribution in [0.15, 0.2) is 29.2 Å². The molecule has 0 fully saturated rings. The van der Waals surface area contributed by atoms with Crippen molar-refractivity contribution in [2.75, 3.05) is 12.8 Å². The normalized spacial score (nSPS) is 12.7. The quantitative estimate of drug-likeness (QED) is 0.482. The van der Waals surface area contributed by atoms with Gasteiger partial charge in [0.1, 0.15) is 0 Å². The molecule has 0 aliphatic carbocycles. The van der Waals surface area contributed by atoms with Crippen LogP contribution >= 0.6 is 11.8 Å². The van der Waals surface area contributed by atoms with Gasteiger partial charge in [-0.15, -0.1) is 11.8 Å². The number of nitrogens with one attached hydrogen (secondary N) is 1. The molecule has 0 spiro atoms. The van der Waals surface area contributed by atoms with Gasteiger partial charge in [0, 0.05) is 28.8 Å². The average Bonchev–Trinajstić information content (AvgIpc) is 2.30. The van der Waals surface area contributed by atoms with E-state index in [0.29, 0.717) is 12.0 Å². The largest absolute Gasteiger partial charge is 0.316 e. The second-order valence-electron chi connectivity index (χ2n) is 4.20. The van der Waals surface area contributed by atoms with Crippen molar-refractivity contribution in [1.29, 1.82) is 0 Å². The Morgan fingerprint density at radius 2 is 1.94 bits per heavy atom. The zero-order chi connectivity index (χ0) is 12.8. The van der Waals surface area contributed by atoms with Gasteiger partial charge in [0.25, 0.3) is 5.69 Å². The Kier molecular flexibility index (Phi) is 5.44. The molecule has 4 nitrogen and oxygen atoms in total. The molecular weight excluding hydrogens is 236 g/mol. The molecule has 17 heavy (non-hydrogen) atoms. The zero-order valence-corrected chi connectivity index (χ0v) is 11.2. The molecule has 1 N–H and O–H groups in total. The van der Waals surface area contributed by atoms with Gasteiger partial charge < -0.3 is 5.32 Å². The summed E-state index contributed by atoms with van der Waals surface area (Å²) in [5.41, 5.74) is 0.142. The molecule has 1 aromatic rings. The van der Waals surface area contributed by atoms with Gasteiger partial charge in [0.05, 0.1) is 4.92 Å². The predicted molar refractivity (Wildman–Crippen MR) is 71.5 cm³/mol. The fraction of sp³-hybridized carbons (Fsp3) is 0.500. The molecule has 0 radical (unpaired) electrons. The molecule has 0 saturated heterocycles. The van der Waals surface area contributed by atoms with Crippen molar-refractivity contribution in [1.82, 2.24) is 5.32 Å². The highest BCUT2D eigenvalue weighted by Gasteiger charge is 2.11. The molecule has 94 valence electrons. The Balaban J connectivity index is 2.55. The lowest BCUT2D eigenvalue weighted by molar-refractivity contribution is -0.384. The highest BCUT2D eigenvalue weighted by Crippen LogP contribution is 2.23. The Morgan fingerprint density at radius 3 is 2.35 bits per heavy atom. The van der Waals surface area contributed by atoms with Crippen molar-refractivity contribution in [3.8, 4) is 0 Å². The van der Waals surface area contributed by atoms with Gasteiger partial charge in [-0.25, -0.2) is 0 Å².